The molecule has 2 N–H and O–H groups in total. The van der Waals surface area contributed by atoms with Gasteiger partial charge < -0.3 is 23.7 Å². The lowest BCUT2D eigenvalue weighted by Gasteiger charge is -2.25. The van der Waals surface area contributed by atoms with E-state index in [1.54, 1.807) is 24.3 Å². The molecule has 0 saturated carbocycles. The summed E-state index contributed by atoms with van der Waals surface area (Å²) < 4.78 is 26.3. The normalized spacial score (nSPS) is 14.2. The van der Waals surface area contributed by atoms with Gasteiger partial charge in [0.1, 0.15) is 12.2 Å². The highest BCUT2D eigenvalue weighted by molar-refractivity contribution is 6.01. The zero-order valence-electron chi connectivity index (χ0n) is 16.8. The molecule has 1 atom stereocenters. The van der Waals surface area contributed by atoms with E-state index in [2.05, 4.69) is 10.9 Å². The van der Waals surface area contributed by atoms with Crippen LogP contribution in [0, 0.1) is 10.1 Å². The number of nitrogens with one attached hydrogen (secondary N) is 2. The number of hydrogen-bond acceptors (Lipinski definition) is 9. The van der Waals surface area contributed by atoms with Crippen LogP contribution in [0.3, 0.4) is 0 Å². The van der Waals surface area contributed by atoms with Crippen molar-refractivity contribution in [2.45, 2.75) is 6.10 Å². The van der Waals surface area contributed by atoms with Crippen LogP contribution in [0.4, 0.5) is 5.69 Å². The summed E-state index contributed by atoms with van der Waals surface area (Å²) in [5.74, 6) is -1.15. The molecule has 2 aromatic rings. The molecule has 1 unspecified atom stereocenters. The van der Waals surface area contributed by atoms with E-state index in [0.717, 1.165) is 6.07 Å². The zero-order chi connectivity index (χ0) is 22.5. The molecule has 2 aromatic carbocycles. The first-order valence-electron chi connectivity index (χ1n) is 8.87. The van der Waals surface area contributed by atoms with Gasteiger partial charge in [-0.05, 0) is 12.1 Å². The molecule has 0 saturated heterocycles. The van der Waals surface area contributed by atoms with E-state index < -0.39 is 34.1 Å². The van der Waals surface area contributed by atoms with Crippen LogP contribution >= 0.6 is 0 Å². The first-order chi connectivity index (χ1) is 14.9. The van der Waals surface area contributed by atoms with Gasteiger partial charge in [0.05, 0.1) is 26.3 Å². The van der Waals surface area contributed by atoms with Gasteiger partial charge in [-0.2, -0.15) is 0 Å². The highest BCUT2D eigenvalue weighted by Crippen LogP contribution is 2.46. The molecule has 0 bridgehead atoms. The van der Waals surface area contributed by atoms with E-state index in [4.69, 9.17) is 23.7 Å². The maximum atomic E-state index is 12.6. The molecule has 31 heavy (non-hydrogen) atoms. The van der Waals surface area contributed by atoms with Gasteiger partial charge >= 0.3 is 5.69 Å². The molecule has 1 aliphatic rings. The number of amides is 2. The summed E-state index contributed by atoms with van der Waals surface area (Å²) >= 11 is 0. The highest BCUT2D eigenvalue weighted by atomic mass is 16.6. The molecule has 2 amide bonds. The van der Waals surface area contributed by atoms with Crippen molar-refractivity contribution in [3.63, 3.8) is 0 Å². The standard InChI is InChI=1S/C19H19N3O9/c1-27-13-8-10(15(22(25)26)17(29-3)16(13)28-2)18(23)20-21-19(24)14-9-30-11-6-4-5-7-12(11)31-14/h4-8,14H,9H2,1-3H3,(H,20,23)(H,21,24). The summed E-state index contributed by atoms with van der Waals surface area (Å²) in [4.78, 5) is 35.8. The number of benzene rings is 2. The number of rotatable bonds is 6. The quantitative estimate of drug-likeness (QED) is 0.507. The lowest BCUT2D eigenvalue weighted by Crippen LogP contribution is -2.50. The Morgan fingerprint density at radius 3 is 2.35 bits per heavy atom. The molecule has 12 nitrogen and oxygen atoms in total. The number of carbonyl (C=O) groups excluding carboxylic acids is 2. The lowest BCUT2D eigenvalue weighted by molar-refractivity contribution is -0.386. The van der Waals surface area contributed by atoms with Crippen molar-refractivity contribution in [1.82, 2.24) is 10.9 Å². The molecule has 1 heterocycles. The molecule has 0 radical (unpaired) electrons. The maximum Gasteiger partial charge on any atom is 0.327 e. The Morgan fingerprint density at radius 1 is 1.06 bits per heavy atom. The predicted octanol–water partition coefficient (Wildman–Crippen LogP) is 1.22. The molecule has 3 rings (SSSR count). The fourth-order valence-corrected chi connectivity index (χ4v) is 2.91. The summed E-state index contributed by atoms with van der Waals surface area (Å²) in [6.45, 7) is -0.0803. The number of hydrazine groups is 1. The van der Waals surface area contributed by atoms with E-state index in [-0.39, 0.29) is 23.9 Å². The number of ether oxygens (including phenoxy) is 5. The van der Waals surface area contributed by atoms with Crippen LogP contribution in [0.25, 0.3) is 0 Å². The molecule has 0 aliphatic carbocycles. The van der Waals surface area contributed by atoms with Crippen LogP contribution in [-0.2, 0) is 4.79 Å². The van der Waals surface area contributed by atoms with E-state index in [9.17, 15) is 19.7 Å². The van der Waals surface area contributed by atoms with Crippen molar-refractivity contribution < 1.29 is 38.2 Å². The maximum absolute atomic E-state index is 12.6. The molecule has 0 fully saturated rings. The van der Waals surface area contributed by atoms with E-state index in [1.807, 2.05) is 0 Å². The predicted molar refractivity (Wildman–Crippen MR) is 105 cm³/mol. The Balaban J connectivity index is 1.79. The van der Waals surface area contributed by atoms with Gasteiger partial charge in [0, 0.05) is 6.07 Å². The van der Waals surface area contributed by atoms with Gasteiger partial charge in [-0.3, -0.25) is 30.6 Å². The molecular formula is C19H19N3O9. The second-order valence-electron chi connectivity index (χ2n) is 6.11. The Kier molecular flexibility index (Phi) is 6.29. The highest BCUT2D eigenvalue weighted by Gasteiger charge is 2.33. The molecule has 1 aliphatic heterocycles. The summed E-state index contributed by atoms with van der Waals surface area (Å²) in [6.07, 6.45) is -1.04. The Labute approximate surface area is 176 Å². The van der Waals surface area contributed by atoms with Crippen molar-refractivity contribution >= 4 is 17.5 Å². The van der Waals surface area contributed by atoms with Crippen LogP contribution in [-0.4, -0.2) is 50.8 Å². The number of carbonyl (C=O) groups is 2. The van der Waals surface area contributed by atoms with Gasteiger partial charge in [-0.1, -0.05) is 12.1 Å². The summed E-state index contributed by atoms with van der Waals surface area (Å²) in [7, 11) is 3.76. The van der Waals surface area contributed by atoms with Gasteiger partial charge in [0.25, 0.3) is 11.8 Å². The second-order valence-corrected chi connectivity index (χ2v) is 6.11. The minimum atomic E-state index is -1.04. The third kappa shape index (κ3) is 4.22. The number of para-hydroxylation sites is 2. The van der Waals surface area contributed by atoms with Crippen molar-refractivity contribution in [2.75, 3.05) is 27.9 Å². The SMILES string of the molecule is COc1cc(C(=O)NNC(=O)C2COc3ccccc3O2)c([N+](=O)[O-])c(OC)c1OC. The smallest absolute Gasteiger partial charge is 0.327 e. The van der Waals surface area contributed by atoms with Crippen LogP contribution in [0.2, 0.25) is 0 Å². The monoisotopic (exact) mass is 433 g/mol. The fraction of sp³-hybridized carbons (Fsp3) is 0.263. The Bertz CT molecular complexity index is 1020. The van der Waals surface area contributed by atoms with Gasteiger partial charge in [-0.15, -0.1) is 0 Å². The number of hydrogen-bond donors (Lipinski definition) is 2. The third-order valence-electron chi connectivity index (χ3n) is 4.33. The lowest BCUT2D eigenvalue weighted by atomic mass is 10.1. The number of fused-ring (bicyclic) bond motifs is 1. The van der Waals surface area contributed by atoms with E-state index >= 15 is 0 Å². The number of nitro groups is 1. The third-order valence-corrected chi connectivity index (χ3v) is 4.33. The number of methoxy groups -OCH3 is 3. The van der Waals surface area contributed by atoms with Crippen molar-refractivity contribution in [3.05, 3.63) is 46.0 Å². The molecule has 0 aromatic heterocycles. The van der Waals surface area contributed by atoms with E-state index in [0.29, 0.717) is 11.5 Å². The van der Waals surface area contributed by atoms with Crippen molar-refractivity contribution in [2.24, 2.45) is 0 Å². The fourth-order valence-electron chi connectivity index (χ4n) is 2.91. The summed E-state index contributed by atoms with van der Waals surface area (Å²) in [6, 6.07) is 7.90. The van der Waals surface area contributed by atoms with Gasteiger partial charge in [0.2, 0.25) is 17.6 Å². The molecular weight excluding hydrogens is 414 g/mol. The molecule has 164 valence electrons. The summed E-state index contributed by atoms with van der Waals surface area (Å²) in [5, 5.41) is 11.6. The van der Waals surface area contributed by atoms with Crippen molar-refractivity contribution in [3.8, 4) is 28.7 Å². The largest absolute Gasteiger partial charge is 0.493 e. The first kappa shape index (κ1) is 21.5. The average molecular weight is 433 g/mol. The van der Waals surface area contributed by atoms with Gasteiger partial charge in [-0.25, -0.2) is 0 Å². The average Bonchev–Trinajstić information content (AvgIpc) is 2.80. The van der Waals surface area contributed by atoms with Crippen LogP contribution in [0.1, 0.15) is 10.4 Å². The van der Waals surface area contributed by atoms with Gasteiger partial charge in [0.15, 0.2) is 17.2 Å². The Hall–Kier alpha value is -4.22. The molecule has 12 heteroatoms. The topological polar surface area (TPSA) is 147 Å². The van der Waals surface area contributed by atoms with E-state index in [1.165, 1.54) is 21.3 Å². The Morgan fingerprint density at radius 2 is 1.74 bits per heavy atom. The van der Waals surface area contributed by atoms with Crippen LogP contribution < -0.4 is 34.5 Å². The molecule has 0 spiro atoms. The zero-order valence-corrected chi connectivity index (χ0v) is 16.8. The number of nitro benzene ring substituents is 1. The number of nitrogens with zero attached hydrogens (tertiary/aromatic N) is 1. The van der Waals surface area contributed by atoms with Crippen LogP contribution in [0.15, 0.2) is 30.3 Å². The summed E-state index contributed by atoms with van der Waals surface area (Å²) in [5.41, 5.74) is 3.23. The van der Waals surface area contributed by atoms with Crippen molar-refractivity contribution in [1.29, 1.82) is 0 Å². The first-order valence-corrected chi connectivity index (χ1v) is 8.87. The minimum absolute atomic E-state index is 0.0297. The second kappa shape index (κ2) is 9.07. The minimum Gasteiger partial charge on any atom is -0.493 e. The van der Waals surface area contributed by atoms with Crippen LogP contribution in [0.5, 0.6) is 28.7 Å².